The molecule has 0 saturated heterocycles. The average molecular weight is 691 g/mol. The maximum absolute atomic E-state index is 15.2. The first kappa shape index (κ1) is 35.2. The van der Waals surface area contributed by atoms with Crippen molar-refractivity contribution < 1.29 is 52.7 Å². The zero-order valence-electron chi connectivity index (χ0n) is 23.0. The van der Waals surface area contributed by atoms with E-state index in [-0.39, 0.29) is 0 Å². The zero-order valence-corrected chi connectivity index (χ0v) is 23.0. The number of hydrogen-bond acceptors (Lipinski definition) is 7. The fourth-order valence-electron chi connectivity index (χ4n) is 5.38. The van der Waals surface area contributed by atoms with Gasteiger partial charge in [0.25, 0.3) is 0 Å². The fourth-order valence-corrected chi connectivity index (χ4v) is 5.38. The molecule has 0 amide bonds. The molecule has 1 saturated carbocycles. The van der Waals surface area contributed by atoms with Gasteiger partial charge in [-0.1, -0.05) is 0 Å². The third kappa shape index (κ3) is 5.06. The molecule has 4 rings (SSSR count). The lowest BCUT2D eigenvalue weighted by Gasteiger charge is -2.16. The number of allylic oxidation sites excluding steroid dienone is 1. The Labute approximate surface area is 264 Å². The van der Waals surface area contributed by atoms with Gasteiger partial charge in [-0.15, -0.1) is 0 Å². The van der Waals surface area contributed by atoms with Gasteiger partial charge in [-0.25, -0.2) is 52.7 Å². The van der Waals surface area contributed by atoms with Crippen molar-refractivity contribution in [3.63, 3.8) is 0 Å². The van der Waals surface area contributed by atoms with Crippen LogP contribution in [0.1, 0.15) is 45.2 Å². The summed E-state index contributed by atoms with van der Waals surface area (Å²) in [7, 11) is 0. The molecule has 3 aromatic carbocycles. The number of nitriles is 6. The molecule has 0 heterocycles. The smallest absolute Gasteiger partial charge is 0.181 e. The van der Waals surface area contributed by atoms with Crippen LogP contribution in [-0.2, 0) is 0 Å². The summed E-state index contributed by atoms with van der Waals surface area (Å²) in [5.41, 5.74) is -14.0. The van der Waals surface area contributed by atoms with Crippen LogP contribution in [0.25, 0.3) is 5.70 Å². The van der Waals surface area contributed by atoms with Gasteiger partial charge in [0.1, 0.15) is 34.9 Å². The molecule has 0 bridgehead atoms. The Kier molecular flexibility index (Phi) is 9.21. The van der Waals surface area contributed by atoms with Crippen LogP contribution >= 0.6 is 0 Å². The summed E-state index contributed by atoms with van der Waals surface area (Å²) in [6.45, 7) is 0. The Bertz CT molecular complexity index is 2100. The summed E-state index contributed by atoms with van der Waals surface area (Å²) in [4.78, 5) is 0. The van der Waals surface area contributed by atoms with Crippen molar-refractivity contribution in [3.05, 3.63) is 109 Å². The van der Waals surface area contributed by atoms with Gasteiger partial charge < -0.3 is 0 Å². The van der Waals surface area contributed by atoms with Gasteiger partial charge >= 0.3 is 0 Å². The topological polar surface area (TPSA) is 155 Å². The average Bonchev–Trinajstić information content (AvgIpc) is 3.80. The molecule has 1 N–H and O–H groups in total. The zero-order chi connectivity index (χ0) is 36.8. The SMILES string of the molecule is N#CNC(=C1C(C(C#N)c2c(F)c(F)c(C#N)c(F)c2F)C1C(C#N)c1c(F)c(F)c(C#N)c(F)c1F)c1c(F)c(F)c(C#N)c(F)c1F. The quantitative estimate of drug-likeness (QED) is 0.132. The first-order valence-corrected chi connectivity index (χ1v) is 12.6. The van der Waals surface area contributed by atoms with E-state index in [9.17, 15) is 42.1 Å². The minimum Gasteiger partial charge on any atom is -0.292 e. The minimum atomic E-state index is -2.78. The van der Waals surface area contributed by atoms with Gasteiger partial charge in [-0.3, -0.25) is 5.32 Å². The molecule has 19 heteroatoms. The van der Waals surface area contributed by atoms with Crippen molar-refractivity contribution in [2.75, 3.05) is 0 Å². The van der Waals surface area contributed by atoms with Crippen LogP contribution in [0.3, 0.4) is 0 Å². The van der Waals surface area contributed by atoms with Crippen LogP contribution in [0.5, 0.6) is 0 Å². The summed E-state index contributed by atoms with van der Waals surface area (Å²) >= 11 is 0. The number of benzene rings is 3. The van der Waals surface area contributed by atoms with Gasteiger partial charge in [0.05, 0.1) is 35.2 Å². The number of nitrogens with zero attached hydrogens (tertiary/aromatic N) is 6. The van der Waals surface area contributed by atoms with E-state index in [1.165, 1.54) is 5.32 Å². The van der Waals surface area contributed by atoms with Gasteiger partial charge in [-0.05, 0) is 5.57 Å². The van der Waals surface area contributed by atoms with Crippen LogP contribution in [0, 0.1) is 150 Å². The summed E-state index contributed by atoms with van der Waals surface area (Å²) in [6, 6.07) is 4.64. The van der Waals surface area contributed by atoms with Crippen molar-refractivity contribution in [2.24, 2.45) is 11.8 Å². The summed E-state index contributed by atoms with van der Waals surface area (Å²) in [6.07, 6.45) is 1.03. The Morgan fingerprint density at radius 2 is 0.735 bits per heavy atom. The highest BCUT2D eigenvalue weighted by molar-refractivity contribution is 5.76. The van der Waals surface area contributed by atoms with Gasteiger partial charge in [0.15, 0.2) is 76.0 Å². The summed E-state index contributed by atoms with van der Waals surface area (Å²) in [5.74, 6) is -39.5. The molecule has 0 aliphatic heterocycles. The standard InChI is InChI=1S/C30H5F12N7/c31-18-9(3-45)19(32)25(38)14(24(18)37)7(1-43)12-13(8(2-44)15-26(39)20(33)10(4-46)21(34)27(15)40)16(12)30(49-6-48)17-28(41)22(35)11(5-47)23(36)29(17)42/h7-8,12-13,49H. The fraction of sp³-hybridized carbons (Fsp3) is 0.133. The van der Waals surface area contributed by atoms with E-state index in [1.54, 1.807) is 0 Å². The van der Waals surface area contributed by atoms with Crippen LogP contribution in [0.15, 0.2) is 5.57 Å². The Balaban J connectivity index is 2.19. The molecule has 3 aromatic rings. The Hall–Kier alpha value is -6.70. The molecule has 0 radical (unpaired) electrons. The molecular formula is C30H5F12N7. The van der Waals surface area contributed by atoms with Gasteiger partial charge in [-0.2, -0.15) is 31.6 Å². The highest BCUT2D eigenvalue weighted by Crippen LogP contribution is 2.63. The maximum atomic E-state index is 15.2. The normalized spacial score (nSPS) is 15.8. The molecule has 1 aliphatic carbocycles. The molecule has 244 valence electrons. The molecule has 49 heavy (non-hydrogen) atoms. The summed E-state index contributed by atoms with van der Waals surface area (Å²) in [5, 5.41) is 57.3. The van der Waals surface area contributed by atoms with Gasteiger partial charge in [0.2, 0.25) is 0 Å². The lowest BCUT2D eigenvalue weighted by Crippen LogP contribution is -2.15. The van der Waals surface area contributed by atoms with E-state index in [1.807, 2.05) is 0 Å². The first-order valence-electron chi connectivity index (χ1n) is 12.6. The van der Waals surface area contributed by atoms with Crippen molar-refractivity contribution in [1.29, 1.82) is 31.6 Å². The number of hydrogen-bond donors (Lipinski definition) is 1. The molecule has 1 aliphatic rings. The Morgan fingerprint density at radius 1 is 0.449 bits per heavy atom. The van der Waals surface area contributed by atoms with E-state index in [2.05, 4.69) is 0 Å². The molecule has 0 spiro atoms. The number of rotatable bonds is 6. The third-order valence-electron chi connectivity index (χ3n) is 7.53. The van der Waals surface area contributed by atoms with Crippen LogP contribution in [0.2, 0.25) is 0 Å². The van der Waals surface area contributed by atoms with Crippen LogP contribution < -0.4 is 5.32 Å². The van der Waals surface area contributed by atoms with Crippen molar-refractivity contribution in [3.8, 4) is 36.5 Å². The maximum Gasteiger partial charge on any atom is 0.181 e. The van der Waals surface area contributed by atoms with E-state index in [0.717, 1.165) is 36.5 Å². The second-order valence-corrected chi connectivity index (χ2v) is 9.76. The number of halogens is 12. The minimum absolute atomic E-state index is 0.796. The predicted molar refractivity (Wildman–Crippen MR) is 132 cm³/mol. The second-order valence-electron chi connectivity index (χ2n) is 9.76. The highest BCUT2D eigenvalue weighted by Gasteiger charge is 2.59. The van der Waals surface area contributed by atoms with E-state index < -0.39 is 138 Å². The van der Waals surface area contributed by atoms with E-state index in [4.69, 9.17) is 15.8 Å². The third-order valence-corrected chi connectivity index (χ3v) is 7.53. The second kappa shape index (κ2) is 12.8. The molecule has 4 unspecified atom stereocenters. The monoisotopic (exact) mass is 691 g/mol. The first-order chi connectivity index (χ1) is 23.1. The molecule has 7 nitrogen and oxygen atoms in total. The Morgan fingerprint density at radius 3 is 0.980 bits per heavy atom. The van der Waals surface area contributed by atoms with E-state index >= 15 is 26.3 Å². The predicted octanol–water partition coefficient (Wildman–Crippen LogP) is 6.61. The summed E-state index contributed by atoms with van der Waals surface area (Å²) < 4.78 is 179. The van der Waals surface area contributed by atoms with Crippen LogP contribution in [0.4, 0.5) is 52.7 Å². The number of nitrogens with one attached hydrogen (secondary N) is 1. The van der Waals surface area contributed by atoms with E-state index in [0.29, 0.717) is 0 Å². The molecule has 0 aromatic heterocycles. The molecule has 4 atom stereocenters. The molecular weight excluding hydrogens is 686 g/mol. The largest absolute Gasteiger partial charge is 0.292 e. The van der Waals surface area contributed by atoms with Crippen LogP contribution in [-0.4, -0.2) is 0 Å². The van der Waals surface area contributed by atoms with Crippen molar-refractivity contribution in [1.82, 2.24) is 5.32 Å². The lowest BCUT2D eigenvalue weighted by molar-refractivity contribution is 0.414. The van der Waals surface area contributed by atoms with Gasteiger partial charge in [0, 0.05) is 23.0 Å². The molecule has 1 fully saturated rings. The highest BCUT2D eigenvalue weighted by atomic mass is 19.2. The van der Waals surface area contributed by atoms with Crippen molar-refractivity contribution in [2.45, 2.75) is 11.8 Å². The lowest BCUT2D eigenvalue weighted by atomic mass is 9.86. The van der Waals surface area contributed by atoms with Crippen molar-refractivity contribution >= 4 is 5.70 Å².